The zero-order chi connectivity index (χ0) is 24.6. The number of ether oxygens (including phenoxy) is 1. The molecule has 0 amide bonds. The van der Waals surface area contributed by atoms with Gasteiger partial charge in [-0.1, -0.05) is 23.5 Å². The number of anilines is 2. The number of aromatic nitrogens is 2. The van der Waals surface area contributed by atoms with Crippen LogP contribution in [0.25, 0.3) is 0 Å². The lowest BCUT2D eigenvalue weighted by Gasteiger charge is -2.23. The van der Waals surface area contributed by atoms with Gasteiger partial charge < -0.3 is 9.64 Å². The molecule has 33 heavy (non-hydrogen) atoms. The second kappa shape index (κ2) is 11.0. The molecule has 0 aliphatic heterocycles. The average molecular weight is 505 g/mol. The van der Waals surface area contributed by atoms with Crippen molar-refractivity contribution in [1.29, 1.82) is 0 Å². The molecule has 0 atom stereocenters. The predicted octanol–water partition coefficient (Wildman–Crippen LogP) is 4.57. The van der Waals surface area contributed by atoms with Crippen molar-refractivity contribution in [2.75, 3.05) is 29.3 Å². The summed E-state index contributed by atoms with van der Waals surface area (Å²) in [5.41, 5.74) is -5.86. The molecule has 0 aliphatic rings. The average Bonchev–Trinajstić information content (AvgIpc) is 3.21. The van der Waals surface area contributed by atoms with Crippen LogP contribution < -0.4 is 9.62 Å². The molecule has 178 valence electrons. The fourth-order valence-electron chi connectivity index (χ4n) is 2.32. The Morgan fingerprint density at radius 2 is 1.91 bits per heavy atom. The third-order valence-electron chi connectivity index (χ3n) is 3.70. The Hall–Kier alpha value is -3.33. The summed E-state index contributed by atoms with van der Waals surface area (Å²) in [4.78, 5) is 13.3. The third kappa shape index (κ3) is 6.82. The topological polar surface area (TPSA) is 126 Å². The van der Waals surface area contributed by atoms with Crippen LogP contribution in [0.4, 0.5) is 35.4 Å². The molecular formula is C18H19F3N6O4S2. The number of esters is 1. The molecule has 2 rings (SSSR count). The van der Waals surface area contributed by atoms with E-state index >= 15 is 0 Å². The summed E-state index contributed by atoms with van der Waals surface area (Å²) in [5.74, 6) is -0.719. The Balaban J connectivity index is 2.45. The van der Waals surface area contributed by atoms with E-state index in [1.54, 1.807) is 24.0 Å². The van der Waals surface area contributed by atoms with E-state index in [2.05, 4.69) is 33.6 Å². The van der Waals surface area contributed by atoms with Crippen molar-refractivity contribution in [3.05, 3.63) is 48.5 Å². The number of azo groups is 1. The molecule has 0 radical (unpaired) electrons. The highest BCUT2D eigenvalue weighted by Gasteiger charge is 2.46. The van der Waals surface area contributed by atoms with Gasteiger partial charge in [-0.05, 0) is 25.1 Å². The van der Waals surface area contributed by atoms with Gasteiger partial charge in [0.25, 0.3) is 5.13 Å². The number of carbonyl (C=O) groups is 1. The molecule has 2 aromatic rings. The molecular weight excluding hydrogens is 485 g/mol. The minimum atomic E-state index is -5.73. The van der Waals surface area contributed by atoms with E-state index in [0.717, 1.165) is 11.3 Å². The number of halogens is 3. The maximum Gasteiger partial charge on any atom is 0.516 e. The van der Waals surface area contributed by atoms with Crippen molar-refractivity contribution in [3.63, 3.8) is 0 Å². The quantitative estimate of drug-likeness (QED) is 0.270. The molecule has 0 saturated carbocycles. The number of hydrogen-bond acceptors (Lipinski definition) is 10. The lowest BCUT2D eigenvalue weighted by molar-refractivity contribution is -0.0429. The van der Waals surface area contributed by atoms with Crippen molar-refractivity contribution >= 4 is 49.5 Å². The summed E-state index contributed by atoms with van der Waals surface area (Å²) in [5, 5.41) is 14.6. The molecule has 0 fully saturated rings. The van der Waals surface area contributed by atoms with Crippen LogP contribution in [-0.2, 0) is 14.8 Å². The Bertz CT molecular complexity index is 1140. The smallest absolute Gasteiger partial charge is 0.461 e. The van der Waals surface area contributed by atoms with Gasteiger partial charge in [-0.3, -0.25) is 4.72 Å². The first-order chi connectivity index (χ1) is 15.5. The standard InChI is InChI=1S/C18H19F3N6O4S2/c1-4-9-27(10-5-2)12-7-8-13(14(11-12)26-33(29,30)18(19,20)21)22-24-17-25-23-15(32-17)16(28)31-6-3/h4-5,7-8,11,26H,1-2,6,9-10H2,3H3. The number of hydrogen-bond donors (Lipinski definition) is 1. The van der Waals surface area contributed by atoms with Gasteiger partial charge in [0.2, 0.25) is 5.01 Å². The molecule has 0 bridgehead atoms. The number of carbonyl (C=O) groups excluding carboxylic acids is 1. The number of nitrogens with zero attached hydrogens (tertiary/aromatic N) is 5. The van der Waals surface area contributed by atoms with Crippen molar-refractivity contribution < 1.29 is 31.1 Å². The maximum absolute atomic E-state index is 12.9. The lowest BCUT2D eigenvalue weighted by Crippen LogP contribution is -2.30. The number of nitrogens with one attached hydrogen (secondary N) is 1. The van der Waals surface area contributed by atoms with Gasteiger partial charge in [0, 0.05) is 18.8 Å². The first kappa shape index (κ1) is 25.9. The highest BCUT2D eigenvalue weighted by Crippen LogP contribution is 2.35. The molecule has 15 heteroatoms. The summed E-state index contributed by atoms with van der Waals surface area (Å²) in [7, 11) is -5.73. The van der Waals surface area contributed by atoms with E-state index < -0.39 is 27.2 Å². The van der Waals surface area contributed by atoms with E-state index in [4.69, 9.17) is 4.74 Å². The summed E-state index contributed by atoms with van der Waals surface area (Å²) >= 11 is 0.738. The van der Waals surface area contributed by atoms with E-state index in [1.807, 2.05) is 0 Å². The fraction of sp³-hybridized carbons (Fsp3) is 0.278. The number of alkyl halides is 3. The Morgan fingerprint density at radius 1 is 1.24 bits per heavy atom. The lowest BCUT2D eigenvalue weighted by atomic mass is 10.2. The first-order valence-corrected chi connectivity index (χ1v) is 11.4. The van der Waals surface area contributed by atoms with Gasteiger partial charge in [-0.15, -0.1) is 33.6 Å². The molecule has 0 aliphatic carbocycles. The van der Waals surface area contributed by atoms with Gasteiger partial charge in [-0.2, -0.15) is 21.6 Å². The van der Waals surface area contributed by atoms with Crippen molar-refractivity contribution in [1.82, 2.24) is 10.2 Å². The third-order valence-corrected chi connectivity index (χ3v) is 5.59. The number of benzene rings is 1. The summed E-state index contributed by atoms with van der Waals surface area (Å²) in [6, 6.07) is 3.96. The van der Waals surface area contributed by atoms with E-state index in [9.17, 15) is 26.4 Å². The Morgan fingerprint density at radius 3 is 2.48 bits per heavy atom. The van der Waals surface area contributed by atoms with Crippen LogP contribution in [0, 0.1) is 0 Å². The Labute approximate surface area is 191 Å². The van der Waals surface area contributed by atoms with Crippen LogP contribution in [0.2, 0.25) is 0 Å². The summed E-state index contributed by atoms with van der Waals surface area (Å²) in [6.45, 7) is 9.60. The molecule has 0 saturated heterocycles. The maximum atomic E-state index is 12.9. The van der Waals surface area contributed by atoms with Gasteiger partial charge in [0.1, 0.15) is 5.69 Å². The SMILES string of the molecule is C=CCN(CC=C)c1ccc(N=Nc2nnc(C(=O)OCC)s2)c(NS(=O)(=O)C(F)(F)F)c1. The molecule has 0 unspecified atom stereocenters. The van der Waals surface area contributed by atoms with Crippen molar-refractivity contribution in [3.8, 4) is 0 Å². The van der Waals surface area contributed by atoms with Crippen LogP contribution in [0.15, 0.2) is 53.7 Å². The monoisotopic (exact) mass is 504 g/mol. The zero-order valence-corrected chi connectivity index (χ0v) is 18.9. The highest BCUT2D eigenvalue weighted by molar-refractivity contribution is 7.93. The van der Waals surface area contributed by atoms with E-state index in [1.165, 1.54) is 22.9 Å². The van der Waals surface area contributed by atoms with Gasteiger partial charge >= 0.3 is 21.5 Å². The normalized spacial score (nSPS) is 11.9. The van der Waals surface area contributed by atoms with Gasteiger partial charge in [0.15, 0.2) is 0 Å². The van der Waals surface area contributed by atoms with Gasteiger partial charge in [0.05, 0.1) is 12.3 Å². The minimum absolute atomic E-state index is 0.0910. The van der Waals surface area contributed by atoms with Crippen LogP contribution >= 0.6 is 11.3 Å². The van der Waals surface area contributed by atoms with Crippen LogP contribution in [0.5, 0.6) is 0 Å². The van der Waals surface area contributed by atoms with Crippen LogP contribution in [-0.4, -0.2) is 49.8 Å². The van der Waals surface area contributed by atoms with Gasteiger partial charge in [-0.25, -0.2) is 4.79 Å². The molecule has 1 aromatic heterocycles. The second-order valence-corrected chi connectivity index (χ2v) is 8.68. The number of rotatable bonds is 11. The molecule has 1 aromatic carbocycles. The van der Waals surface area contributed by atoms with Crippen LogP contribution in [0.3, 0.4) is 0 Å². The largest absolute Gasteiger partial charge is 0.516 e. The first-order valence-electron chi connectivity index (χ1n) is 9.14. The molecule has 1 heterocycles. The summed E-state index contributed by atoms with van der Waals surface area (Å²) < 4.78 is 68.5. The fourth-order valence-corrected chi connectivity index (χ4v) is 3.45. The molecule has 1 N–H and O–H groups in total. The number of sulfonamides is 1. The highest BCUT2D eigenvalue weighted by atomic mass is 32.2. The Kier molecular flexibility index (Phi) is 8.64. The van der Waals surface area contributed by atoms with E-state index in [-0.39, 0.29) is 22.4 Å². The van der Waals surface area contributed by atoms with E-state index in [0.29, 0.717) is 18.8 Å². The predicted molar refractivity (Wildman–Crippen MR) is 118 cm³/mol. The molecule has 0 spiro atoms. The van der Waals surface area contributed by atoms with Crippen molar-refractivity contribution in [2.45, 2.75) is 12.4 Å². The van der Waals surface area contributed by atoms with Crippen molar-refractivity contribution in [2.24, 2.45) is 10.2 Å². The molecule has 10 nitrogen and oxygen atoms in total. The zero-order valence-electron chi connectivity index (χ0n) is 17.2. The minimum Gasteiger partial charge on any atom is -0.461 e. The second-order valence-electron chi connectivity index (χ2n) is 6.05. The summed E-state index contributed by atoms with van der Waals surface area (Å²) in [6.07, 6.45) is 3.13. The van der Waals surface area contributed by atoms with Crippen LogP contribution in [0.1, 0.15) is 16.7 Å².